The predicted octanol–water partition coefficient (Wildman–Crippen LogP) is 4.79. The first kappa shape index (κ1) is 12.8. The minimum absolute atomic E-state index is 0.836. The number of hydrogen-bond acceptors (Lipinski definition) is 3. The standard InChI is InChI=1S/C18H18N2S/c1-2-6-13(7-3-1)12-19-18-20-17-15-9-5-4-8-14(15)10-11-16(17)21-18/h1-3,6-7,10-11H,4-5,8-9,12H2,(H,19,20). The van der Waals surface area contributed by atoms with Gasteiger partial charge in [-0.3, -0.25) is 0 Å². The first-order valence-electron chi connectivity index (χ1n) is 7.59. The molecule has 0 saturated carbocycles. The Balaban J connectivity index is 1.62. The lowest BCUT2D eigenvalue weighted by Gasteiger charge is -2.15. The number of hydrogen-bond donors (Lipinski definition) is 1. The minimum atomic E-state index is 0.836. The Morgan fingerprint density at radius 1 is 1.00 bits per heavy atom. The lowest BCUT2D eigenvalue weighted by Crippen LogP contribution is -2.03. The lowest BCUT2D eigenvalue weighted by molar-refractivity contribution is 0.689. The van der Waals surface area contributed by atoms with Crippen molar-refractivity contribution in [2.24, 2.45) is 0 Å². The van der Waals surface area contributed by atoms with Crippen molar-refractivity contribution >= 4 is 26.7 Å². The fourth-order valence-electron chi connectivity index (χ4n) is 3.07. The molecule has 1 heterocycles. The van der Waals surface area contributed by atoms with Crippen LogP contribution in [0, 0.1) is 0 Å². The minimum Gasteiger partial charge on any atom is -0.357 e. The molecule has 2 nitrogen and oxygen atoms in total. The number of fused-ring (bicyclic) bond motifs is 3. The summed E-state index contributed by atoms with van der Waals surface area (Å²) in [5.41, 5.74) is 5.52. The summed E-state index contributed by atoms with van der Waals surface area (Å²) in [5, 5.41) is 4.50. The van der Waals surface area contributed by atoms with Crippen LogP contribution in [-0.2, 0) is 19.4 Å². The second kappa shape index (κ2) is 5.49. The summed E-state index contributed by atoms with van der Waals surface area (Å²) in [5.74, 6) is 0. The van der Waals surface area contributed by atoms with E-state index in [9.17, 15) is 0 Å². The van der Waals surface area contributed by atoms with Crippen LogP contribution in [-0.4, -0.2) is 4.98 Å². The summed E-state index contributed by atoms with van der Waals surface area (Å²) in [6.07, 6.45) is 5.03. The molecule has 106 valence electrons. The van der Waals surface area contributed by atoms with Crippen molar-refractivity contribution in [3.8, 4) is 0 Å². The number of aromatic nitrogens is 1. The highest BCUT2D eigenvalue weighted by atomic mass is 32.1. The molecular formula is C18H18N2S. The van der Waals surface area contributed by atoms with Gasteiger partial charge < -0.3 is 5.32 Å². The molecule has 0 atom stereocenters. The third kappa shape index (κ3) is 2.54. The van der Waals surface area contributed by atoms with Crippen LogP contribution in [0.2, 0.25) is 0 Å². The van der Waals surface area contributed by atoms with Crippen molar-refractivity contribution in [3.63, 3.8) is 0 Å². The second-order valence-electron chi connectivity index (χ2n) is 5.62. The number of nitrogens with one attached hydrogen (secondary N) is 1. The zero-order valence-corrected chi connectivity index (χ0v) is 12.7. The molecule has 1 N–H and O–H groups in total. The lowest BCUT2D eigenvalue weighted by atomic mass is 9.91. The monoisotopic (exact) mass is 294 g/mol. The molecule has 3 heteroatoms. The molecule has 1 aromatic heterocycles. The maximum absolute atomic E-state index is 4.85. The van der Waals surface area contributed by atoms with Crippen LogP contribution in [0.5, 0.6) is 0 Å². The molecule has 0 saturated heterocycles. The molecule has 0 bridgehead atoms. The summed E-state index contributed by atoms with van der Waals surface area (Å²) >= 11 is 1.77. The molecule has 0 fully saturated rings. The van der Waals surface area contributed by atoms with Gasteiger partial charge in [-0.2, -0.15) is 0 Å². The van der Waals surface area contributed by atoms with Crippen molar-refractivity contribution in [2.45, 2.75) is 32.2 Å². The average Bonchev–Trinajstić information content (AvgIpc) is 2.97. The van der Waals surface area contributed by atoms with Gasteiger partial charge in [0, 0.05) is 6.54 Å². The molecule has 4 rings (SSSR count). The zero-order chi connectivity index (χ0) is 14.1. The molecule has 0 amide bonds. The zero-order valence-electron chi connectivity index (χ0n) is 11.9. The molecule has 0 unspecified atom stereocenters. The van der Waals surface area contributed by atoms with E-state index in [1.165, 1.54) is 52.6 Å². The van der Waals surface area contributed by atoms with Gasteiger partial charge in [0.1, 0.15) is 0 Å². The number of aryl methyl sites for hydroxylation is 2. The Hall–Kier alpha value is -1.87. The van der Waals surface area contributed by atoms with E-state index in [0.29, 0.717) is 0 Å². The van der Waals surface area contributed by atoms with Gasteiger partial charge in [-0.15, -0.1) is 0 Å². The Morgan fingerprint density at radius 2 is 1.86 bits per heavy atom. The summed E-state index contributed by atoms with van der Waals surface area (Å²) in [6.45, 7) is 0.836. The fraction of sp³-hybridized carbons (Fsp3) is 0.278. The van der Waals surface area contributed by atoms with E-state index in [1.807, 2.05) is 6.07 Å². The van der Waals surface area contributed by atoms with Crippen molar-refractivity contribution in [1.29, 1.82) is 0 Å². The molecule has 1 aliphatic rings. The van der Waals surface area contributed by atoms with Crippen LogP contribution in [0.15, 0.2) is 42.5 Å². The van der Waals surface area contributed by atoms with Gasteiger partial charge in [0.15, 0.2) is 5.13 Å². The van der Waals surface area contributed by atoms with Crippen molar-refractivity contribution in [3.05, 3.63) is 59.2 Å². The van der Waals surface area contributed by atoms with Gasteiger partial charge >= 0.3 is 0 Å². The van der Waals surface area contributed by atoms with E-state index in [0.717, 1.165) is 11.7 Å². The third-order valence-corrected chi connectivity index (χ3v) is 5.15. The maximum Gasteiger partial charge on any atom is 0.184 e. The molecule has 3 aromatic rings. The third-order valence-electron chi connectivity index (χ3n) is 4.17. The van der Waals surface area contributed by atoms with Gasteiger partial charge in [-0.25, -0.2) is 4.98 Å². The normalized spacial score (nSPS) is 14.1. The van der Waals surface area contributed by atoms with Crippen LogP contribution in [0.3, 0.4) is 0 Å². The predicted molar refractivity (Wildman–Crippen MR) is 90.0 cm³/mol. The molecule has 0 aliphatic heterocycles. The van der Waals surface area contributed by atoms with Crippen LogP contribution < -0.4 is 5.32 Å². The SMILES string of the molecule is c1ccc(CNc2nc3c4c(ccc3s2)CCCC4)cc1. The molecule has 1 aliphatic carbocycles. The summed E-state index contributed by atoms with van der Waals surface area (Å²) in [7, 11) is 0. The van der Waals surface area contributed by atoms with E-state index < -0.39 is 0 Å². The number of anilines is 1. The van der Waals surface area contributed by atoms with Crippen molar-refractivity contribution in [1.82, 2.24) is 4.98 Å². The molecular weight excluding hydrogens is 276 g/mol. The van der Waals surface area contributed by atoms with Gasteiger partial charge in [0.05, 0.1) is 10.2 Å². The van der Waals surface area contributed by atoms with Gasteiger partial charge in [0.25, 0.3) is 0 Å². The van der Waals surface area contributed by atoms with Crippen LogP contribution in [0.1, 0.15) is 29.5 Å². The van der Waals surface area contributed by atoms with E-state index in [2.05, 4.69) is 41.7 Å². The first-order chi connectivity index (χ1) is 10.4. The Kier molecular flexibility index (Phi) is 3.36. The topological polar surface area (TPSA) is 24.9 Å². The number of nitrogens with zero attached hydrogens (tertiary/aromatic N) is 1. The fourth-order valence-corrected chi connectivity index (χ4v) is 3.96. The second-order valence-corrected chi connectivity index (χ2v) is 6.65. The quantitative estimate of drug-likeness (QED) is 0.751. The smallest absolute Gasteiger partial charge is 0.184 e. The Labute approximate surface area is 128 Å². The summed E-state index contributed by atoms with van der Waals surface area (Å²) < 4.78 is 1.31. The largest absolute Gasteiger partial charge is 0.357 e. The van der Waals surface area contributed by atoms with E-state index in [-0.39, 0.29) is 0 Å². The molecule has 21 heavy (non-hydrogen) atoms. The van der Waals surface area contributed by atoms with E-state index in [4.69, 9.17) is 4.98 Å². The molecule has 2 aromatic carbocycles. The van der Waals surface area contributed by atoms with Gasteiger partial charge in [0.2, 0.25) is 0 Å². The molecule has 0 radical (unpaired) electrons. The van der Waals surface area contributed by atoms with Crippen LogP contribution in [0.4, 0.5) is 5.13 Å². The van der Waals surface area contributed by atoms with Crippen molar-refractivity contribution < 1.29 is 0 Å². The average molecular weight is 294 g/mol. The Bertz CT molecular complexity index is 761. The van der Waals surface area contributed by atoms with Gasteiger partial charge in [-0.05, 0) is 48.4 Å². The summed E-state index contributed by atoms with van der Waals surface area (Å²) in [6, 6.07) is 15.0. The van der Waals surface area contributed by atoms with Gasteiger partial charge in [-0.1, -0.05) is 47.7 Å². The van der Waals surface area contributed by atoms with Crippen LogP contribution >= 0.6 is 11.3 Å². The first-order valence-corrected chi connectivity index (χ1v) is 8.41. The highest BCUT2D eigenvalue weighted by Crippen LogP contribution is 2.33. The number of rotatable bonds is 3. The molecule has 0 spiro atoms. The summed E-state index contributed by atoms with van der Waals surface area (Å²) in [4.78, 5) is 4.85. The van der Waals surface area contributed by atoms with E-state index >= 15 is 0 Å². The number of benzene rings is 2. The van der Waals surface area contributed by atoms with E-state index in [1.54, 1.807) is 11.3 Å². The highest BCUT2D eigenvalue weighted by Gasteiger charge is 2.15. The van der Waals surface area contributed by atoms with Crippen LogP contribution in [0.25, 0.3) is 10.2 Å². The van der Waals surface area contributed by atoms with Crippen molar-refractivity contribution in [2.75, 3.05) is 5.32 Å². The Morgan fingerprint density at radius 3 is 2.76 bits per heavy atom. The highest BCUT2D eigenvalue weighted by molar-refractivity contribution is 7.22. The maximum atomic E-state index is 4.85. The number of thiazole rings is 1.